The van der Waals surface area contributed by atoms with Gasteiger partial charge in [-0.3, -0.25) is 0 Å². The summed E-state index contributed by atoms with van der Waals surface area (Å²) in [5, 5.41) is 21.8. The highest BCUT2D eigenvalue weighted by molar-refractivity contribution is 5.82. The SMILES string of the molecule is Oc1ccccc1-c1cc2c(ccn2-c2ccc(C3CCNCC3F)cc2)nn1. The molecule has 2 aromatic heterocycles. The van der Waals surface area contributed by atoms with Crippen molar-refractivity contribution < 1.29 is 9.50 Å². The standard InChI is InChI=1S/C23H21FN4O/c24-19-14-25-11-9-17(19)15-5-7-16(8-6-15)28-12-10-20-22(28)13-21(27-26-20)18-3-1-2-4-23(18)29/h1-8,10,12-13,17,19,25,29H,9,11,14H2. The number of piperidine rings is 1. The van der Waals surface area contributed by atoms with Gasteiger partial charge in [0.1, 0.15) is 17.4 Å². The summed E-state index contributed by atoms with van der Waals surface area (Å²) < 4.78 is 16.3. The van der Waals surface area contributed by atoms with E-state index in [1.165, 1.54) is 0 Å². The number of benzene rings is 2. The summed E-state index contributed by atoms with van der Waals surface area (Å²) in [4.78, 5) is 0. The first-order chi connectivity index (χ1) is 14.2. The van der Waals surface area contributed by atoms with Crippen LogP contribution >= 0.6 is 0 Å². The van der Waals surface area contributed by atoms with Crippen LogP contribution in [0.1, 0.15) is 17.9 Å². The largest absolute Gasteiger partial charge is 0.507 e. The van der Waals surface area contributed by atoms with Gasteiger partial charge in [-0.15, -0.1) is 10.2 Å². The number of aromatic hydroxyl groups is 1. The Morgan fingerprint density at radius 3 is 2.66 bits per heavy atom. The van der Waals surface area contributed by atoms with Crippen LogP contribution in [0.5, 0.6) is 5.75 Å². The second-order valence-electron chi connectivity index (χ2n) is 7.41. The summed E-state index contributed by atoms with van der Waals surface area (Å²) in [7, 11) is 0. The first kappa shape index (κ1) is 17.8. The van der Waals surface area contributed by atoms with Gasteiger partial charge in [0.15, 0.2) is 0 Å². The lowest BCUT2D eigenvalue weighted by atomic mass is 9.89. The fourth-order valence-corrected chi connectivity index (χ4v) is 4.05. The number of alkyl halides is 1. The van der Waals surface area contributed by atoms with Gasteiger partial charge in [-0.05, 0) is 54.9 Å². The number of phenolic OH excluding ortho intramolecular Hbond substituents is 1. The van der Waals surface area contributed by atoms with E-state index >= 15 is 0 Å². The minimum absolute atomic E-state index is 0.0507. The topological polar surface area (TPSA) is 63.0 Å². The lowest BCUT2D eigenvalue weighted by Gasteiger charge is -2.27. The van der Waals surface area contributed by atoms with Crippen molar-refractivity contribution in [1.29, 1.82) is 0 Å². The van der Waals surface area contributed by atoms with Crippen LogP contribution in [0.25, 0.3) is 28.0 Å². The lowest BCUT2D eigenvalue weighted by Crippen LogP contribution is -2.36. The lowest BCUT2D eigenvalue weighted by molar-refractivity contribution is 0.231. The molecule has 0 aliphatic carbocycles. The Morgan fingerprint density at radius 1 is 1.03 bits per heavy atom. The number of para-hydroxylation sites is 1. The van der Waals surface area contributed by atoms with Gasteiger partial charge in [0.2, 0.25) is 0 Å². The molecule has 4 aromatic rings. The summed E-state index contributed by atoms with van der Waals surface area (Å²) in [6.07, 6.45) is 1.91. The summed E-state index contributed by atoms with van der Waals surface area (Å²) in [5.74, 6) is 0.122. The fourth-order valence-electron chi connectivity index (χ4n) is 4.05. The maximum atomic E-state index is 14.3. The first-order valence-electron chi connectivity index (χ1n) is 9.79. The summed E-state index contributed by atoms with van der Waals surface area (Å²) >= 11 is 0. The molecule has 0 bridgehead atoms. The number of nitrogens with zero attached hydrogens (tertiary/aromatic N) is 3. The monoisotopic (exact) mass is 388 g/mol. The van der Waals surface area contributed by atoms with Gasteiger partial charge in [-0.25, -0.2) is 4.39 Å². The molecule has 1 fully saturated rings. The van der Waals surface area contributed by atoms with Gasteiger partial charge in [-0.2, -0.15) is 0 Å². The van der Waals surface area contributed by atoms with E-state index in [1.54, 1.807) is 12.1 Å². The number of phenols is 1. The van der Waals surface area contributed by atoms with E-state index in [4.69, 9.17) is 0 Å². The Bertz CT molecular complexity index is 1160. The average molecular weight is 388 g/mol. The molecule has 6 heteroatoms. The smallest absolute Gasteiger partial charge is 0.125 e. The van der Waals surface area contributed by atoms with E-state index in [0.717, 1.165) is 35.2 Å². The fraction of sp³-hybridized carbons (Fsp3) is 0.217. The Balaban J connectivity index is 1.52. The molecule has 2 aromatic carbocycles. The molecule has 1 aliphatic rings. The minimum atomic E-state index is -0.849. The van der Waals surface area contributed by atoms with Crippen LogP contribution in [0.3, 0.4) is 0 Å². The third-order valence-electron chi connectivity index (χ3n) is 5.63. The predicted octanol–water partition coefficient (Wildman–Crippen LogP) is 4.21. The van der Waals surface area contributed by atoms with Gasteiger partial charge in [-0.1, -0.05) is 24.3 Å². The zero-order valence-electron chi connectivity index (χ0n) is 15.8. The van der Waals surface area contributed by atoms with Crippen LogP contribution in [0.15, 0.2) is 66.9 Å². The molecule has 29 heavy (non-hydrogen) atoms. The van der Waals surface area contributed by atoms with Gasteiger partial charge >= 0.3 is 0 Å². The molecule has 5 rings (SSSR count). The van der Waals surface area contributed by atoms with Gasteiger partial charge < -0.3 is 15.0 Å². The van der Waals surface area contributed by atoms with Crippen molar-refractivity contribution in [3.05, 3.63) is 72.4 Å². The van der Waals surface area contributed by atoms with Crippen LogP contribution < -0.4 is 5.32 Å². The quantitative estimate of drug-likeness (QED) is 0.552. The molecular weight excluding hydrogens is 367 g/mol. The molecule has 2 N–H and O–H groups in total. The zero-order chi connectivity index (χ0) is 19.8. The van der Waals surface area contributed by atoms with Crippen molar-refractivity contribution >= 4 is 11.0 Å². The second-order valence-corrected chi connectivity index (χ2v) is 7.41. The highest BCUT2D eigenvalue weighted by atomic mass is 19.1. The molecule has 1 saturated heterocycles. The summed E-state index contributed by atoms with van der Waals surface area (Å²) in [6, 6.07) is 19.0. The number of halogens is 1. The average Bonchev–Trinajstić information content (AvgIpc) is 3.18. The Labute approximate surface area is 167 Å². The van der Waals surface area contributed by atoms with E-state index < -0.39 is 6.17 Å². The van der Waals surface area contributed by atoms with Crippen LogP contribution in [0.4, 0.5) is 4.39 Å². The maximum absolute atomic E-state index is 14.3. The van der Waals surface area contributed by atoms with Gasteiger partial charge in [0.05, 0.1) is 11.2 Å². The van der Waals surface area contributed by atoms with E-state index in [2.05, 4.69) is 15.5 Å². The van der Waals surface area contributed by atoms with E-state index in [0.29, 0.717) is 17.8 Å². The molecule has 0 spiro atoms. The maximum Gasteiger partial charge on any atom is 0.125 e. The number of nitrogens with one attached hydrogen (secondary N) is 1. The number of fused-ring (bicyclic) bond motifs is 1. The molecule has 0 saturated carbocycles. The van der Waals surface area contributed by atoms with Crippen LogP contribution in [0.2, 0.25) is 0 Å². The normalized spacial score (nSPS) is 19.5. The van der Waals surface area contributed by atoms with Crippen molar-refractivity contribution in [3.8, 4) is 22.7 Å². The predicted molar refractivity (Wildman–Crippen MR) is 111 cm³/mol. The number of hydrogen-bond donors (Lipinski definition) is 2. The zero-order valence-corrected chi connectivity index (χ0v) is 15.8. The third kappa shape index (κ3) is 3.25. The second kappa shape index (κ2) is 7.29. The Hall–Kier alpha value is -3.25. The molecule has 2 unspecified atom stereocenters. The van der Waals surface area contributed by atoms with Crippen LogP contribution in [0, 0.1) is 0 Å². The highest BCUT2D eigenvalue weighted by Gasteiger charge is 2.25. The highest BCUT2D eigenvalue weighted by Crippen LogP contribution is 2.31. The number of aromatic nitrogens is 3. The molecule has 1 aliphatic heterocycles. The summed E-state index contributed by atoms with van der Waals surface area (Å²) in [6.45, 7) is 1.27. The van der Waals surface area contributed by atoms with E-state index in [-0.39, 0.29) is 11.7 Å². The van der Waals surface area contributed by atoms with Crippen molar-refractivity contribution in [2.45, 2.75) is 18.5 Å². The van der Waals surface area contributed by atoms with Gasteiger partial charge in [0.25, 0.3) is 0 Å². The molecule has 0 radical (unpaired) electrons. The van der Waals surface area contributed by atoms with Gasteiger partial charge in [0, 0.05) is 29.9 Å². The first-order valence-corrected chi connectivity index (χ1v) is 9.79. The van der Waals surface area contributed by atoms with Crippen molar-refractivity contribution in [3.63, 3.8) is 0 Å². The third-order valence-corrected chi connectivity index (χ3v) is 5.63. The summed E-state index contributed by atoms with van der Waals surface area (Å²) in [5.41, 5.74) is 4.94. The Kier molecular flexibility index (Phi) is 4.48. The molecular formula is C23H21FN4O. The van der Waals surface area contributed by atoms with Crippen molar-refractivity contribution in [1.82, 2.24) is 20.1 Å². The van der Waals surface area contributed by atoms with Crippen molar-refractivity contribution in [2.24, 2.45) is 0 Å². The molecule has 3 heterocycles. The minimum Gasteiger partial charge on any atom is -0.507 e. The van der Waals surface area contributed by atoms with Crippen molar-refractivity contribution in [2.75, 3.05) is 13.1 Å². The number of rotatable bonds is 3. The molecule has 2 atom stereocenters. The molecule has 0 amide bonds. The molecule has 146 valence electrons. The van der Waals surface area contributed by atoms with E-state index in [9.17, 15) is 9.50 Å². The Morgan fingerprint density at radius 2 is 1.86 bits per heavy atom. The number of hydrogen-bond acceptors (Lipinski definition) is 4. The van der Waals surface area contributed by atoms with Crippen LogP contribution in [-0.2, 0) is 0 Å². The van der Waals surface area contributed by atoms with E-state index in [1.807, 2.05) is 59.3 Å². The van der Waals surface area contributed by atoms with Crippen LogP contribution in [-0.4, -0.2) is 39.1 Å². The molecule has 5 nitrogen and oxygen atoms in total.